The van der Waals surface area contributed by atoms with Gasteiger partial charge >= 0.3 is 0 Å². The van der Waals surface area contributed by atoms with Crippen LogP contribution >= 0.6 is 11.3 Å². The number of aryl methyl sites for hydroxylation is 1. The molecule has 0 unspecified atom stereocenters. The third-order valence-corrected chi connectivity index (χ3v) is 5.94. The monoisotopic (exact) mass is 390 g/mol. The molecule has 0 radical (unpaired) electrons. The normalized spacial score (nSPS) is 11.4. The fourth-order valence-corrected chi connectivity index (χ4v) is 4.16. The first-order valence-electron chi connectivity index (χ1n) is 9.59. The van der Waals surface area contributed by atoms with Gasteiger partial charge in [0.1, 0.15) is 5.01 Å². The number of para-hydroxylation sites is 1. The molecule has 0 amide bonds. The van der Waals surface area contributed by atoms with Gasteiger partial charge in [-0.1, -0.05) is 18.2 Å². The summed E-state index contributed by atoms with van der Waals surface area (Å²) in [5, 5.41) is 8.01. The van der Waals surface area contributed by atoms with Gasteiger partial charge in [-0.25, -0.2) is 4.98 Å². The van der Waals surface area contributed by atoms with Crippen molar-refractivity contribution in [3.05, 3.63) is 70.9 Å². The van der Waals surface area contributed by atoms with Gasteiger partial charge in [0.15, 0.2) is 0 Å². The highest BCUT2D eigenvalue weighted by molar-refractivity contribution is 7.13. The second kappa shape index (κ2) is 8.17. The second-order valence-electron chi connectivity index (χ2n) is 7.44. The summed E-state index contributed by atoms with van der Waals surface area (Å²) in [5.74, 6) is 0. The summed E-state index contributed by atoms with van der Waals surface area (Å²) in [5.41, 5.74) is 7.23. The smallest absolute Gasteiger partial charge is 0.123 e. The summed E-state index contributed by atoms with van der Waals surface area (Å²) < 4.78 is 0. The van der Waals surface area contributed by atoms with Gasteiger partial charge in [0, 0.05) is 40.3 Å². The number of nitrogens with one attached hydrogen (secondary N) is 2. The molecule has 0 spiro atoms. The molecular weight excluding hydrogens is 364 g/mol. The Kier molecular flexibility index (Phi) is 5.46. The molecule has 0 bridgehead atoms. The van der Waals surface area contributed by atoms with E-state index in [9.17, 15) is 0 Å². The zero-order valence-corrected chi connectivity index (χ0v) is 17.4. The Morgan fingerprint density at radius 1 is 1.14 bits per heavy atom. The van der Waals surface area contributed by atoms with E-state index >= 15 is 0 Å². The Bertz CT molecular complexity index is 1080. The number of nitrogens with zero attached hydrogens (tertiary/aromatic N) is 2. The lowest BCUT2D eigenvalue weighted by Crippen LogP contribution is -2.14. The van der Waals surface area contributed by atoms with Gasteiger partial charge in [-0.3, -0.25) is 0 Å². The van der Waals surface area contributed by atoms with Crippen LogP contribution in [0.3, 0.4) is 0 Å². The van der Waals surface area contributed by atoms with E-state index in [0.29, 0.717) is 0 Å². The third kappa shape index (κ3) is 4.11. The maximum atomic E-state index is 4.86. The van der Waals surface area contributed by atoms with Crippen molar-refractivity contribution in [1.29, 1.82) is 0 Å². The molecule has 144 valence electrons. The molecule has 2 aromatic heterocycles. The van der Waals surface area contributed by atoms with Crippen molar-refractivity contribution in [2.45, 2.75) is 19.9 Å². The predicted molar refractivity (Wildman–Crippen MR) is 120 cm³/mol. The molecule has 2 N–H and O–H groups in total. The lowest BCUT2D eigenvalue weighted by molar-refractivity contribution is 0.414. The molecule has 4 nitrogen and oxygen atoms in total. The molecule has 0 aliphatic heterocycles. The number of thiazole rings is 1. The largest absolute Gasteiger partial charge is 0.379 e. The van der Waals surface area contributed by atoms with E-state index in [-0.39, 0.29) is 0 Å². The van der Waals surface area contributed by atoms with Crippen molar-refractivity contribution in [3.8, 4) is 10.6 Å². The van der Waals surface area contributed by atoms with Crippen molar-refractivity contribution in [1.82, 2.24) is 14.9 Å². The van der Waals surface area contributed by atoms with Crippen LogP contribution in [0.5, 0.6) is 0 Å². The van der Waals surface area contributed by atoms with E-state index in [2.05, 4.69) is 90.3 Å². The number of anilines is 1. The number of benzene rings is 2. The van der Waals surface area contributed by atoms with E-state index in [0.717, 1.165) is 35.9 Å². The van der Waals surface area contributed by atoms with E-state index in [1.807, 2.05) is 0 Å². The zero-order valence-electron chi connectivity index (χ0n) is 16.6. The minimum atomic E-state index is 0.738. The van der Waals surface area contributed by atoms with Gasteiger partial charge in [0.25, 0.3) is 0 Å². The molecule has 5 heteroatoms. The van der Waals surface area contributed by atoms with Crippen molar-refractivity contribution in [2.24, 2.45) is 0 Å². The molecule has 0 fully saturated rings. The van der Waals surface area contributed by atoms with Gasteiger partial charge in [-0.05, 0) is 62.8 Å². The number of fused-ring (bicyclic) bond motifs is 1. The molecule has 0 saturated carbocycles. The van der Waals surface area contributed by atoms with Crippen LogP contribution in [0.4, 0.5) is 5.69 Å². The van der Waals surface area contributed by atoms with E-state index < -0.39 is 0 Å². The second-order valence-corrected chi connectivity index (χ2v) is 8.30. The Labute approximate surface area is 170 Å². The molecule has 2 heterocycles. The Hall–Kier alpha value is -2.63. The number of aromatic amines is 1. The highest BCUT2D eigenvalue weighted by Crippen LogP contribution is 2.29. The first-order valence-corrected chi connectivity index (χ1v) is 10.5. The number of likely N-dealkylation sites (N-methyl/N-ethyl adjacent to an activating group) is 1. The average molecular weight is 391 g/mol. The quantitative estimate of drug-likeness (QED) is 0.449. The topological polar surface area (TPSA) is 44.0 Å². The number of rotatable bonds is 7. The molecule has 28 heavy (non-hydrogen) atoms. The molecule has 4 aromatic rings. The standard InChI is InChI=1S/C23H26N4S/c1-16-6-4-5-7-21(16)25-14-19-15-28-23(26-19)17-8-9-22-20(12-17)18(13-24-22)10-11-27(2)3/h4-9,12-13,15,24-25H,10-11,14H2,1-3H3. The lowest BCUT2D eigenvalue weighted by atomic mass is 10.1. The summed E-state index contributed by atoms with van der Waals surface area (Å²) in [6.45, 7) is 3.90. The molecule has 2 aromatic carbocycles. The van der Waals surface area contributed by atoms with Crippen LogP contribution in [0.15, 0.2) is 54.0 Å². The van der Waals surface area contributed by atoms with E-state index in [1.54, 1.807) is 11.3 Å². The Balaban J connectivity index is 1.52. The summed E-state index contributed by atoms with van der Waals surface area (Å²) in [7, 11) is 4.23. The Morgan fingerprint density at radius 3 is 2.82 bits per heavy atom. The van der Waals surface area contributed by atoms with Gasteiger partial charge in [-0.2, -0.15) is 0 Å². The van der Waals surface area contributed by atoms with Crippen LogP contribution in [0.2, 0.25) is 0 Å². The van der Waals surface area contributed by atoms with Crippen molar-refractivity contribution < 1.29 is 0 Å². The molecule has 0 saturated heterocycles. The highest BCUT2D eigenvalue weighted by Gasteiger charge is 2.09. The predicted octanol–water partition coefficient (Wildman–Crippen LogP) is 5.32. The van der Waals surface area contributed by atoms with Crippen LogP contribution < -0.4 is 5.32 Å². The molecule has 4 rings (SSSR count). The van der Waals surface area contributed by atoms with Crippen LogP contribution in [0.1, 0.15) is 16.8 Å². The molecule has 0 atom stereocenters. The van der Waals surface area contributed by atoms with Gasteiger partial charge < -0.3 is 15.2 Å². The molecule has 0 aliphatic carbocycles. The first kappa shape index (κ1) is 18.7. The zero-order chi connectivity index (χ0) is 19.5. The summed E-state index contributed by atoms with van der Waals surface area (Å²) >= 11 is 1.71. The lowest BCUT2D eigenvalue weighted by Gasteiger charge is -2.08. The Morgan fingerprint density at radius 2 is 2.00 bits per heavy atom. The number of aromatic nitrogens is 2. The fourth-order valence-electron chi connectivity index (χ4n) is 3.34. The van der Waals surface area contributed by atoms with Crippen molar-refractivity contribution >= 4 is 27.9 Å². The maximum absolute atomic E-state index is 4.86. The van der Waals surface area contributed by atoms with Gasteiger partial charge in [-0.15, -0.1) is 11.3 Å². The average Bonchev–Trinajstić information content (AvgIpc) is 3.32. The molecular formula is C23H26N4S. The van der Waals surface area contributed by atoms with Gasteiger partial charge in [0.05, 0.1) is 12.2 Å². The maximum Gasteiger partial charge on any atom is 0.123 e. The molecule has 0 aliphatic rings. The summed E-state index contributed by atoms with van der Waals surface area (Å²) in [6, 6.07) is 14.9. The van der Waals surface area contributed by atoms with Gasteiger partial charge in [0.2, 0.25) is 0 Å². The number of H-pyrrole nitrogens is 1. The van der Waals surface area contributed by atoms with Crippen LogP contribution in [-0.2, 0) is 13.0 Å². The minimum absolute atomic E-state index is 0.738. The van der Waals surface area contributed by atoms with Crippen LogP contribution in [-0.4, -0.2) is 35.5 Å². The van der Waals surface area contributed by atoms with Crippen LogP contribution in [0, 0.1) is 6.92 Å². The van der Waals surface area contributed by atoms with Crippen LogP contribution in [0.25, 0.3) is 21.5 Å². The third-order valence-electron chi connectivity index (χ3n) is 5.00. The van der Waals surface area contributed by atoms with E-state index in [4.69, 9.17) is 4.98 Å². The summed E-state index contributed by atoms with van der Waals surface area (Å²) in [6.07, 6.45) is 3.18. The highest BCUT2D eigenvalue weighted by atomic mass is 32.1. The summed E-state index contributed by atoms with van der Waals surface area (Å²) in [4.78, 5) is 10.5. The van der Waals surface area contributed by atoms with E-state index in [1.165, 1.54) is 27.6 Å². The number of hydrogen-bond donors (Lipinski definition) is 2. The minimum Gasteiger partial charge on any atom is -0.379 e. The van der Waals surface area contributed by atoms with Crippen molar-refractivity contribution in [3.63, 3.8) is 0 Å². The number of hydrogen-bond acceptors (Lipinski definition) is 4. The first-order chi connectivity index (χ1) is 13.6. The van der Waals surface area contributed by atoms with Crippen molar-refractivity contribution in [2.75, 3.05) is 26.0 Å². The SMILES string of the molecule is Cc1ccccc1NCc1csc(-c2ccc3[nH]cc(CCN(C)C)c3c2)n1. The fraction of sp³-hybridized carbons (Fsp3) is 0.261.